The number of ketones is 1. The molecule has 2 aliphatic heterocycles. The zero-order valence-electron chi connectivity index (χ0n) is 14.4. The van der Waals surface area contributed by atoms with Crippen molar-refractivity contribution in [3.05, 3.63) is 58.9 Å². The topological polar surface area (TPSA) is 53.8 Å². The van der Waals surface area contributed by atoms with Gasteiger partial charge in [-0.25, -0.2) is 0 Å². The predicted octanol–water partition coefficient (Wildman–Crippen LogP) is 4.11. The Morgan fingerprint density at radius 3 is 2.67 bits per heavy atom. The number of azo groups is 1. The summed E-state index contributed by atoms with van der Waals surface area (Å²) in [6.45, 7) is 6.42. The summed E-state index contributed by atoms with van der Waals surface area (Å²) in [5, 5.41) is 12.1. The van der Waals surface area contributed by atoms with E-state index in [9.17, 15) is 4.79 Å². The Kier molecular flexibility index (Phi) is 3.44. The van der Waals surface area contributed by atoms with E-state index in [-0.39, 0.29) is 17.9 Å². The number of fused-ring (bicyclic) bond motifs is 1. The van der Waals surface area contributed by atoms with Crippen LogP contribution in [0.25, 0.3) is 0 Å². The first-order valence-corrected chi connectivity index (χ1v) is 8.81. The van der Waals surface area contributed by atoms with E-state index < -0.39 is 5.41 Å². The van der Waals surface area contributed by atoms with Gasteiger partial charge in [0.05, 0.1) is 11.6 Å². The van der Waals surface area contributed by atoms with Gasteiger partial charge in [-0.15, -0.1) is 0 Å². The molecule has 4 heteroatoms. The molecule has 0 bridgehead atoms. The molecule has 0 saturated carbocycles. The summed E-state index contributed by atoms with van der Waals surface area (Å²) in [5.74, 6) is 0.662. The lowest BCUT2D eigenvalue weighted by molar-refractivity contribution is -0.120. The highest BCUT2D eigenvalue weighted by molar-refractivity contribution is 6.02. The Balaban J connectivity index is 2.03. The third-order valence-corrected chi connectivity index (χ3v) is 5.85. The fourth-order valence-corrected chi connectivity index (χ4v) is 4.69. The van der Waals surface area contributed by atoms with Gasteiger partial charge in [0.2, 0.25) is 0 Å². The normalized spacial score (nSPS) is 34.5. The maximum atomic E-state index is 13.3. The maximum absolute atomic E-state index is 13.3. The molecule has 4 nitrogen and oxygen atoms in total. The number of carbonyl (C=O) groups is 1. The zero-order valence-corrected chi connectivity index (χ0v) is 14.4. The van der Waals surface area contributed by atoms with Crippen LogP contribution in [-0.2, 0) is 10.2 Å². The quantitative estimate of drug-likeness (QED) is 0.891. The predicted molar refractivity (Wildman–Crippen MR) is 93.3 cm³/mol. The number of nitrogens with zero attached hydrogens (tertiary/aromatic N) is 2. The third kappa shape index (κ3) is 1.89. The SMILES string of the molecule is CC[C@@]1(c2ccccc2)C2=CN=NC2NC2=C1C(=O)[C@@H](C)C[C@@H]2C. The molecule has 4 atom stereocenters. The molecule has 2 heterocycles. The van der Waals surface area contributed by atoms with Crippen molar-refractivity contribution in [3.63, 3.8) is 0 Å². The molecule has 0 spiro atoms. The number of benzene rings is 1. The van der Waals surface area contributed by atoms with Gasteiger partial charge >= 0.3 is 0 Å². The Morgan fingerprint density at radius 1 is 1.21 bits per heavy atom. The lowest BCUT2D eigenvalue weighted by Gasteiger charge is -2.47. The summed E-state index contributed by atoms with van der Waals surface area (Å²) in [5.41, 5.74) is 3.86. The van der Waals surface area contributed by atoms with Crippen molar-refractivity contribution in [2.45, 2.75) is 45.2 Å². The molecule has 0 amide bonds. The molecule has 124 valence electrons. The van der Waals surface area contributed by atoms with Crippen LogP contribution in [0.4, 0.5) is 0 Å². The Bertz CT molecular complexity index is 777. The minimum Gasteiger partial charge on any atom is -0.362 e. The van der Waals surface area contributed by atoms with Crippen molar-refractivity contribution in [1.82, 2.24) is 5.32 Å². The van der Waals surface area contributed by atoms with Gasteiger partial charge in [-0.05, 0) is 24.3 Å². The van der Waals surface area contributed by atoms with Crippen LogP contribution in [0.2, 0.25) is 0 Å². The van der Waals surface area contributed by atoms with Crippen LogP contribution in [0, 0.1) is 11.8 Å². The number of hydrogen-bond acceptors (Lipinski definition) is 4. The zero-order chi connectivity index (χ0) is 16.9. The van der Waals surface area contributed by atoms with Crippen LogP contribution in [0.15, 0.2) is 63.6 Å². The Labute approximate surface area is 142 Å². The van der Waals surface area contributed by atoms with E-state index in [2.05, 4.69) is 48.4 Å². The average Bonchev–Trinajstić information content (AvgIpc) is 3.07. The van der Waals surface area contributed by atoms with Gasteiger partial charge in [-0.2, -0.15) is 10.2 Å². The van der Waals surface area contributed by atoms with Gasteiger partial charge in [0, 0.05) is 22.8 Å². The molecule has 1 aromatic rings. The Morgan fingerprint density at radius 2 is 1.96 bits per heavy atom. The summed E-state index contributed by atoms with van der Waals surface area (Å²) in [6, 6.07) is 10.4. The van der Waals surface area contributed by atoms with Gasteiger partial charge in [0.15, 0.2) is 11.9 Å². The summed E-state index contributed by atoms with van der Waals surface area (Å²) >= 11 is 0. The molecule has 0 fully saturated rings. The second kappa shape index (κ2) is 5.40. The van der Waals surface area contributed by atoms with Crippen LogP contribution in [0.5, 0.6) is 0 Å². The van der Waals surface area contributed by atoms with E-state index in [0.717, 1.165) is 29.7 Å². The number of nitrogens with one attached hydrogen (secondary N) is 1. The average molecular weight is 321 g/mol. The fraction of sp³-hybridized carbons (Fsp3) is 0.450. The first-order valence-electron chi connectivity index (χ1n) is 8.81. The van der Waals surface area contributed by atoms with Crippen molar-refractivity contribution in [2.75, 3.05) is 0 Å². The number of hydrogen-bond donors (Lipinski definition) is 1. The van der Waals surface area contributed by atoms with E-state index in [1.807, 2.05) is 24.4 Å². The molecule has 0 aromatic heterocycles. The van der Waals surface area contributed by atoms with E-state index in [1.165, 1.54) is 5.56 Å². The second-order valence-corrected chi connectivity index (χ2v) is 7.18. The van der Waals surface area contributed by atoms with Gasteiger partial charge in [-0.3, -0.25) is 4.79 Å². The van der Waals surface area contributed by atoms with Crippen LogP contribution in [0.3, 0.4) is 0 Å². The lowest BCUT2D eigenvalue weighted by Crippen LogP contribution is -2.52. The third-order valence-electron chi connectivity index (χ3n) is 5.85. The van der Waals surface area contributed by atoms with E-state index in [4.69, 9.17) is 0 Å². The van der Waals surface area contributed by atoms with Gasteiger partial charge in [0.1, 0.15) is 0 Å². The highest BCUT2D eigenvalue weighted by atomic mass is 16.1. The lowest BCUT2D eigenvalue weighted by atomic mass is 9.59. The van der Waals surface area contributed by atoms with Gasteiger partial charge < -0.3 is 5.32 Å². The summed E-state index contributed by atoms with van der Waals surface area (Å²) in [4.78, 5) is 13.3. The minimum absolute atomic E-state index is 0.0580. The highest BCUT2D eigenvalue weighted by Gasteiger charge is 2.53. The summed E-state index contributed by atoms with van der Waals surface area (Å²) in [6.07, 6.45) is 3.43. The second-order valence-electron chi connectivity index (χ2n) is 7.18. The molecule has 1 N–H and O–H groups in total. The van der Waals surface area contributed by atoms with Crippen LogP contribution in [-0.4, -0.2) is 11.9 Å². The van der Waals surface area contributed by atoms with Crippen molar-refractivity contribution in [1.29, 1.82) is 0 Å². The molecule has 1 aromatic carbocycles. The molecule has 1 unspecified atom stereocenters. The van der Waals surface area contributed by atoms with E-state index in [0.29, 0.717) is 5.92 Å². The number of rotatable bonds is 2. The van der Waals surface area contributed by atoms with Crippen molar-refractivity contribution >= 4 is 5.78 Å². The molecule has 24 heavy (non-hydrogen) atoms. The largest absolute Gasteiger partial charge is 0.362 e. The van der Waals surface area contributed by atoms with Crippen LogP contribution < -0.4 is 5.32 Å². The van der Waals surface area contributed by atoms with Crippen LogP contribution in [0.1, 0.15) is 39.2 Å². The first kappa shape index (κ1) is 15.3. The fourth-order valence-electron chi connectivity index (χ4n) is 4.69. The van der Waals surface area contributed by atoms with Crippen molar-refractivity contribution < 1.29 is 4.79 Å². The van der Waals surface area contributed by atoms with Crippen LogP contribution >= 0.6 is 0 Å². The highest BCUT2D eigenvalue weighted by Crippen LogP contribution is 2.52. The molecule has 4 rings (SSSR count). The van der Waals surface area contributed by atoms with Gasteiger partial charge in [0.25, 0.3) is 0 Å². The number of carbonyl (C=O) groups excluding carboxylic acids is 1. The number of allylic oxidation sites excluding steroid dienone is 2. The van der Waals surface area contributed by atoms with E-state index >= 15 is 0 Å². The van der Waals surface area contributed by atoms with Gasteiger partial charge in [-0.1, -0.05) is 51.1 Å². The number of Topliss-reactive ketones (excluding diaryl/α,β-unsaturated/α-hetero) is 1. The summed E-state index contributed by atoms with van der Waals surface area (Å²) < 4.78 is 0. The van der Waals surface area contributed by atoms with Crippen molar-refractivity contribution in [3.8, 4) is 0 Å². The Hall–Kier alpha value is -2.23. The first-order chi connectivity index (χ1) is 11.6. The smallest absolute Gasteiger partial charge is 0.164 e. The standard InChI is InChI=1S/C20H23N3O/c1-4-20(14-8-6-5-7-9-14)15-11-21-23-19(15)22-17-12(2)10-13(3)18(24)16(17)20/h5-9,11-13,19,22H,4,10H2,1-3H3/t12-,13-,19?,20+/m0/s1. The molecule has 0 saturated heterocycles. The molecule has 0 radical (unpaired) electrons. The maximum Gasteiger partial charge on any atom is 0.164 e. The monoisotopic (exact) mass is 321 g/mol. The molecular weight excluding hydrogens is 298 g/mol. The summed E-state index contributed by atoms with van der Waals surface area (Å²) in [7, 11) is 0. The molecular formula is C20H23N3O. The van der Waals surface area contributed by atoms with Crippen molar-refractivity contribution in [2.24, 2.45) is 22.1 Å². The molecule has 3 aliphatic rings. The molecule has 1 aliphatic carbocycles. The van der Waals surface area contributed by atoms with E-state index in [1.54, 1.807) is 0 Å². The minimum atomic E-state index is -0.421.